The Morgan fingerprint density at radius 3 is 2.81 bits per heavy atom. The van der Waals surface area contributed by atoms with Crippen LogP contribution in [0, 0.1) is 0 Å². The summed E-state index contributed by atoms with van der Waals surface area (Å²) in [4.78, 5) is 8.67. The molecule has 0 saturated carbocycles. The molecule has 1 N–H and O–H groups in total. The van der Waals surface area contributed by atoms with E-state index in [1.807, 2.05) is 36.5 Å². The molecule has 0 aliphatic heterocycles. The molecular weight excluding hydrogens is 330 g/mol. The summed E-state index contributed by atoms with van der Waals surface area (Å²) in [6, 6.07) is 12.0. The smallest absolute Gasteiger partial charge is 0.212 e. The number of nitrogens with one attached hydrogen (secondary N) is 1. The summed E-state index contributed by atoms with van der Waals surface area (Å²) in [5.41, 5.74) is 3.06. The minimum absolute atomic E-state index is 0.621. The van der Waals surface area contributed by atoms with Gasteiger partial charge in [0.1, 0.15) is 0 Å². The number of fused-ring (bicyclic) bond motifs is 1. The highest BCUT2D eigenvalue weighted by Gasteiger charge is 2.03. The fourth-order valence-corrected chi connectivity index (χ4v) is 2.46. The molecule has 2 heterocycles. The molecule has 0 amide bonds. The van der Waals surface area contributed by atoms with Crippen LogP contribution in [0.25, 0.3) is 10.9 Å². The van der Waals surface area contributed by atoms with E-state index in [1.54, 1.807) is 13.3 Å². The third-order valence-electron chi connectivity index (χ3n) is 3.17. The van der Waals surface area contributed by atoms with Gasteiger partial charge < -0.3 is 10.1 Å². The van der Waals surface area contributed by atoms with E-state index in [2.05, 4.69) is 37.3 Å². The molecule has 4 nitrogen and oxygen atoms in total. The van der Waals surface area contributed by atoms with E-state index in [0.29, 0.717) is 12.4 Å². The maximum absolute atomic E-state index is 5.05. The van der Waals surface area contributed by atoms with Crippen molar-refractivity contribution >= 4 is 32.5 Å². The molecule has 0 unspecified atom stereocenters. The number of aromatic nitrogens is 2. The first-order chi connectivity index (χ1) is 10.3. The number of pyridine rings is 2. The van der Waals surface area contributed by atoms with Gasteiger partial charge in [0.15, 0.2) is 0 Å². The van der Waals surface area contributed by atoms with Gasteiger partial charge >= 0.3 is 0 Å². The van der Waals surface area contributed by atoms with E-state index >= 15 is 0 Å². The van der Waals surface area contributed by atoms with Gasteiger partial charge in [0, 0.05) is 34.9 Å². The topological polar surface area (TPSA) is 47.0 Å². The molecule has 0 radical (unpaired) electrons. The molecule has 1 aromatic carbocycles. The minimum atomic E-state index is 0.621. The van der Waals surface area contributed by atoms with Gasteiger partial charge in [0.05, 0.1) is 18.3 Å². The molecule has 0 spiro atoms. The Kier molecular flexibility index (Phi) is 4.01. The van der Waals surface area contributed by atoms with Crippen LogP contribution in [0.2, 0.25) is 0 Å². The van der Waals surface area contributed by atoms with E-state index < -0.39 is 0 Å². The Labute approximate surface area is 131 Å². The molecule has 106 valence electrons. The van der Waals surface area contributed by atoms with Crippen LogP contribution < -0.4 is 10.1 Å². The lowest BCUT2D eigenvalue weighted by molar-refractivity contribution is 0.397. The summed E-state index contributed by atoms with van der Waals surface area (Å²) in [7, 11) is 1.61. The van der Waals surface area contributed by atoms with Crippen molar-refractivity contribution in [1.82, 2.24) is 9.97 Å². The summed E-state index contributed by atoms with van der Waals surface area (Å²) < 4.78 is 6.03. The quantitative estimate of drug-likeness (QED) is 0.777. The monoisotopic (exact) mass is 343 g/mol. The van der Waals surface area contributed by atoms with Crippen LogP contribution in [0.4, 0.5) is 5.69 Å². The number of rotatable bonds is 4. The third-order valence-corrected chi connectivity index (χ3v) is 3.60. The van der Waals surface area contributed by atoms with Crippen LogP contribution >= 0.6 is 15.9 Å². The Balaban J connectivity index is 1.81. The molecule has 0 aliphatic carbocycles. The van der Waals surface area contributed by atoms with Crippen molar-refractivity contribution in [3.05, 3.63) is 58.8 Å². The second-order valence-electron chi connectivity index (χ2n) is 4.59. The van der Waals surface area contributed by atoms with Gasteiger partial charge in [0.2, 0.25) is 5.88 Å². The maximum Gasteiger partial charge on any atom is 0.212 e. The normalized spacial score (nSPS) is 10.6. The standard InChI is InChI=1S/C16H14BrN3O/c1-21-15-6-5-11(9-19-15)8-18-14-4-2-3-12-7-13(17)10-20-16(12)14/h2-7,9-10,18H,8H2,1H3. The number of anilines is 1. The molecule has 5 heteroatoms. The lowest BCUT2D eigenvalue weighted by Crippen LogP contribution is -2.01. The van der Waals surface area contributed by atoms with Gasteiger partial charge in [-0.1, -0.05) is 18.2 Å². The Morgan fingerprint density at radius 2 is 2.05 bits per heavy atom. The number of ether oxygens (including phenoxy) is 1. The molecule has 3 rings (SSSR count). The first-order valence-corrected chi connectivity index (χ1v) is 7.32. The highest BCUT2D eigenvalue weighted by molar-refractivity contribution is 9.10. The van der Waals surface area contributed by atoms with E-state index in [4.69, 9.17) is 4.74 Å². The number of methoxy groups -OCH3 is 1. The lowest BCUT2D eigenvalue weighted by Gasteiger charge is -2.09. The Morgan fingerprint density at radius 1 is 1.14 bits per heavy atom. The van der Waals surface area contributed by atoms with Gasteiger partial charge in [0.25, 0.3) is 0 Å². The first kappa shape index (κ1) is 13.8. The van der Waals surface area contributed by atoms with Crippen LogP contribution in [0.5, 0.6) is 5.88 Å². The van der Waals surface area contributed by atoms with E-state index in [9.17, 15) is 0 Å². The first-order valence-electron chi connectivity index (χ1n) is 6.53. The van der Waals surface area contributed by atoms with Gasteiger partial charge in [-0.25, -0.2) is 4.98 Å². The van der Waals surface area contributed by atoms with Crippen molar-refractivity contribution in [3.8, 4) is 5.88 Å². The predicted molar refractivity (Wildman–Crippen MR) is 87.6 cm³/mol. The van der Waals surface area contributed by atoms with Crippen molar-refractivity contribution in [1.29, 1.82) is 0 Å². The molecule has 0 saturated heterocycles. The number of nitrogens with zero attached hydrogens (tertiary/aromatic N) is 2. The lowest BCUT2D eigenvalue weighted by atomic mass is 10.2. The Hall–Kier alpha value is -2.14. The second-order valence-corrected chi connectivity index (χ2v) is 5.51. The highest BCUT2D eigenvalue weighted by Crippen LogP contribution is 2.24. The summed E-state index contributed by atoms with van der Waals surface area (Å²) in [6.07, 6.45) is 3.61. The van der Waals surface area contributed by atoms with Crippen LogP contribution in [0.1, 0.15) is 5.56 Å². The Bertz CT molecular complexity index is 759. The maximum atomic E-state index is 5.05. The minimum Gasteiger partial charge on any atom is -0.481 e. The average molecular weight is 344 g/mol. The van der Waals surface area contributed by atoms with E-state index in [1.165, 1.54) is 0 Å². The summed E-state index contributed by atoms with van der Waals surface area (Å²) in [6.45, 7) is 0.688. The molecular formula is C16H14BrN3O. The van der Waals surface area contributed by atoms with Crippen molar-refractivity contribution in [3.63, 3.8) is 0 Å². The second kappa shape index (κ2) is 6.10. The number of hydrogen-bond donors (Lipinski definition) is 1. The molecule has 0 fully saturated rings. The predicted octanol–water partition coefficient (Wildman–Crippen LogP) is 4.01. The number of halogens is 1. The zero-order valence-electron chi connectivity index (χ0n) is 11.5. The fraction of sp³-hybridized carbons (Fsp3) is 0.125. The third kappa shape index (κ3) is 3.13. The molecule has 2 aromatic heterocycles. The SMILES string of the molecule is COc1ccc(CNc2cccc3cc(Br)cnc23)cn1. The van der Waals surface area contributed by atoms with Crippen molar-refractivity contribution in [2.24, 2.45) is 0 Å². The van der Waals surface area contributed by atoms with Gasteiger partial charge in [-0.3, -0.25) is 4.98 Å². The van der Waals surface area contributed by atoms with E-state index in [0.717, 1.165) is 26.6 Å². The molecule has 0 atom stereocenters. The van der Waals surface area contributed by atoms with Crippen molar-refractivity contribution < 1.29 is 4.74 Å². The molecule has 21 heavy (non-hydrogen) atoms. The zero-order chi connectivity index (χ0) is 14.7. The summed E-state index contributed by atoms with van der Waals surface area (Å²) >= 11 is 3.44. The van der Waals surface area contributed by atoms with Crippen molar-refractivity contribution in [2.45, 2.75) is 6.54 Å². The van der Waals surface area contributed by atoms with Gasteiger partial charge in [-0.05, 0) is 33.6 Å². The largest absolute Gasteiger partial charge is 0.481 e. The van der Waals surface area contributed by atoms with Crippen LogP contribution in [0.15, 0.2) is 53.3 Å². The molecule has 0 aliphatic rings. The van der Waals surface area contributed by atoms with Crippen LogP contribution in [-0.4, -0.2) is 17.1 Å². The average Bonchev–Trinajstić information content (AvgIpc) is 2.53. The van der Waals surface area contributed by atoms with Gasteiger partial charge in [-0.2, -0.15) is 0 Å². The zero-order valence-corrected chi connectivity index (χ0v) is 13.1. The van der Waals surface area contributed by atoms with Crippen LogP contribution in [-0.2, 0) is 6.54 Å². The van der Waals surface area contributed by atoms with Crippen molar-refractivity contribution in [2.75, 3.05) is 12.4 Å². The van der Waals surface area contributed by atoms with Crippen LogP contribution in [0.3, 0.4) is 0 Å². The number of hydrogen-bond acceptors (Lipinski definition) is 4. The molecule has 0 bridgehead atoms. The highest BCUT2D eigenvalue weighted by atomic mass is 79.9. The van der Waals surface area contributed by atoms with Gasteiger partial charge in [-0.15, -0.1) is 0 Å². The number of benzene rings is 1. The van der Waals surface area contributed by atoms with E-state index in [-0.39, 0.29) is 0 Å². The number of para-hydroxylation sites is 1. The fourth-order valence-electron chi connectivity index (χ4n) is 2.11. The summed E-state index contributed by atoms with van der Waals surface area (Å²) in [5.74, 6) is 0.621. The summed E-state index contributed by atoms with van der Waals surface area (Å²) in [5, 5.41) is 4.50. The molecule has 3 aromatic rings.